The zero-order valence-electron chi connectivity index (χ0n) is 11.2. The molecule has 1 aromatic carbocycles. The van der Waals surface area contributed by atoms with Crippen LogP contribution >= 0.6 is 0 Å². The lowest BCUT2D eigenvalue weighted by atomic mass is 9.72. The quantitative estimate of drug-likeness (QED) is 0.867. The minimum absolute atomic E-state index is 0.0930. The number of aryl methyl sites for hydroxylation is 1. The molecule has 2 N–H and O–H groups in total. The van der Waals surface area contributed by atoms with E-state index >= 15 is 0 Å². The maximum Gasteiger partial charge on any atom is 0.119 e. The first kappa shape index (κ1) is 12.0. The number of benzene rings is 1. The molecule has 1 atom stereocenters. The van der Waals surface area contributed by atoms with Gasteiger partial charge in [0.25, 0.3) is 0 Å². The second-order valence-corrected chi connectivity index (χ2v) is 5.90. The van der Waals surface area contributed by atoms with Gasteiger partial charge in [-0.2, -0.15) is 0 Å². The standard InChI is InChI=1S/C16H23NO/c1-18-14-8-7-12-9-10-16(17,15(12)11-14)13-5-3-2-4-6-13/h7-8,11,13H,2-6,9-10,17H2,1H3. The summed E-state index contributed by atoms with van der Waals surface area (Å²) in [5.41, 5.74) is 9.51. The first-order valence-electron chi connectivity index (χ1n) is 7.20. The van der Waals surface area contributed by atoms with E-state index in [-0.39, 0.29) is 5.54 Å². The molecular weight excluding hydrogens is 222 g/mol. The fourth-order valence-electron chi connectivity index (χ4n) is 3.85. The number of rotatable bonds is 2. The number of hydrogen-bond donors (Lipinski definition) is 1. The smallest absolute Gasteiger partial charge is 0.119 e. The highest BCUT2D eigenvalue weighted by Crippen LogP contribution is 2.46. The van der Waals surface area contributed by atoms with E-state index in [1.54, 1.807) is 7.11 Å². The second kappa shape index (κ2) is 4.58. The fourth-order valence-corrected chi connectivity index (χ4v) is 3.85. The van der Waals surface area contributed by atoms with Crippen LogP contribution < -0.4 is 10.5 Å². The van der Waals surface area contributed by atoms with Crippen molar-refractivity contribution in [3.63, 3.8) is 0 Å². The van der Waals surface area contributed by atoms with Crippen molar-refractivity contribution in [2.45, 2.75) is 50.5 Å². The van der Waals surface area contributed by atoms with Crippen molar-refractivity contribution < 1.29 is 4.74 Å². The lowest BCUT2D eigenvalue weighted by Crippen LogP contribution is -2.43. The van der Waals surface area contributed by atoms with Crippen molar-refractivity contribution >= 4 is 0 Å². The molecule has 0 saturated heterocycles. The van der Waals surface area contributed by atoms with E-state index in [1.807, 2.05) is 0 Å². The third-order valence-corrected chi connectivity index (χ3v) is 4.96. The van der Waals surface area contributed by atoms with E-state index in [0.29, 0.717) is 5.92 Å². The Morgan fingerprint density at radius 3 is 2.72 bits per heavy atom. The molecule has 3 rings (SSSR count). The van der Waals surface area contributed by atoms with Gasteiger partial charge in [-0.15, -0.1) is 0 Å². The van der Waals surface area contributed by atoms with Gasteiger partial charge in [0.2, 0.25) is 0 Å². The van der Waals surface area contributed by atoms with Crippen LogP contribution in [0, 0.1) is 5.92 Å². The van der Waals surface area contributed by atoms with Crippen LogP contribution in [0.4, 0.5) is 0 Å². The first-order valence-corrected chi connectivity index (χ1v) is 7.20. The van der Waals surface area contributed by atoms with E-state index in [2.05, 4.69) is 18.2 Å². The molecule has 2 nitrogen and oxygen atoms in total. The molecule has 0 heterocycles. The Bertz CT molecular complexity index is 437. The van der Waals surface area contributed by atoms with Crippen LogP contribution in [0.2, 0.25) is 0 Å². The van der Waals surface area contributed by atoms with E-state index in [1.165, 1.54) is 43.2 Å². The van der Waals surface area contributed by atoms with Gasteiger partial charge >= 0.3 is 0 Å². The number of fused-ring (bicyclic) bond motifs is 1. The maximum absolute atomic E-state index is 6.81. The third-order valence-electron chi connectivity index (χ3n) is 4.96. The summed E-state index contributed by atoms with van der Waals surface area (Å²) in [6.07, 6.45) is 8.93. The van der Waals surface area contributed by atoms with Gasteiger partial charge in [0, 0.05) is 5.54 Å². The molecule has 0 spiro atoms. The summed E-state index contributed by atoms with van der Waals surface area (Å²) in [6, 6.07) is 6.44. The summed E-state index contributed by atoms with van der Waals surface area (Å²) < 4.78 is 5.36. The molecule has 2 aliphatic rings. The summed E-state index contributed by atoms with van der Waals surface area (Å²) in [4.78, 5) is 0. The molecule has 0 bridgehead atoms. The number of hydrogen-bond acceptors (Lipinski definition) is 2. The second-order valence-electron chi connectivity index (χ2n) is 5.90. The Morgan fingerprint density at radius 2 is 2.00 bits per heavy atom. The van der Waals surface area contributed by atoms with Crippen LogP contribution in [-0.2, 0) is 12.0 Å². The van der Waals surface area contributed by atoms with Crippen LogP contribution in [-0.4, -0.2) is 7.11 Å². The fraction of sp³-hybridized carbons (Fsp3) is 0.625. The predicted octanol–water partition coefficient (Wildman–Crippen LogP) is 3.38. The predicted molar refractivity (Wildman–Crippen MR) is 73.8 cm³/mol. The van der Waals surface area contributed by atoms with Gasteiger partial charge in [-0.05, 0) is 54.9 Å². The zero-order valence-corrected chi connectivity index (χ0v) is 11.2. The number of methoxy groups -OCH3 is 1. The largest absolute Gasteiger partial charge is 0.497 e. The Hall–Kier alpha value is -1.02. The average molecular weight is 245 g/mol. The zero-order chi connectivity index (χ0) is 12.6. The van der Waals surface area contributed by atoms with Gasteiger partial charge < -0.3 is 10.5 Å². The highest BCUT2D eigenvalue weighted by molar-refractivity contribution is 5.44. The normalized spacial score (nSPS) is 28.1. The van der Waals surface area contributed by atoms with E-state index in [9.17, 15) is 0 Å². The molecule has 2 heteroatoms. The Kier molecular flexibility index (Phi) is 3.06. The number of nitrogens with two attached hydrogens (primary N) is 1. The minimum Gasteiger partial charge on any atom is -0.497 e. The molecule has 0 aromatic heterocycles. The van der Waals surface area contributed by atoms with Gasteiger partial charge in [-0.25, -0.2) is 0 Å². The lowest BCUT2D eigenvalue weighted by Gasteiger charge is -2.37. The monoisotopic (exact) mass is 245 g/mol. The average Bonchev–Trinajstić information content (AvgIpc) is 2.78. The molecule has 1 saturated carbocycles. The Morgan fingerprint density at radius 1 is 1.22 bits per heavy atom. The SMILES string of the molecule is COc1ccc2c(c1)C(N)(C1CCCCC1)CC2. The summed E-state index contributed by atoms with van der Waals surface area (Å²) in [6.45, 7) is 0. The third kappa shape index (κ3) is 1.83. The molecule has 1 aromatic rings. The summed E-state index contributed by atoms with van der Waals surface area (Å²) >= 11 is 0. The minimum atomic E-state index is -0.0930. The molecule has 0 radical (unpaired) electrons. The molecule has 0 amide bonds. The lowest BCUT2D eigenvalue weighted by molar-refractivity contribution is 0.205. The van der Waals surface area contributed by atoms with Crippen molar-refractivity contribution in [1.82, 2.24) is 0 Å². The molecule has 1 unspecified atom stereocenters. The van der Waals surface area contributed by atoms with Crippen molar-refractivity contribution in [2.75, 3.05) is 7.11 Å². The van der Waals surface area contributed by atoms with Gasteiger partial charge in [-0.3, -0.25) is 0 Å². The molecule has 1 fully saturated rings. The van der Waals surface area contributed by atoms with Gasteiger partial charge in [0.1, 0.15) is 5.75 Å². The molecule has 18 heavy (non-hydrogen) atoms. The first-order chi connectivity index (χ1) is 8.74. The van der Waals surface area contributed by atoms with Crippen molar-refractivity contribution in [3.8, 4) is 5.75 Å². The highest BCUT2D eigenvalue weighted by Gasteiger charge is 2.42. The summed E-state index contributed by atoms with van der Waals surface area (Å²) in [5, 5.41) is 0. The van der Waals surface area contributed by atoms with Crippen LogP contribution in [0.15, 0.2) is 18.2 Å². The summed E-state index contributed by atoms with van der Waals surface area (Å²) in [5.74, 6) is 1.61. The Balaban J connectivity index is 1.95. The molecule has 98 valence electrons. The van der Waals surface area contributed by atoms with Gasteiger partial charge in [-0.1, -0.05) is 25.3 Å². The van der Waals surface area contributed by atoms with Crippen molar-refractivity contribution in [2.24, 2.45) is 11.7 Å². The molecular formula is C16H23NO. The molecule has 0 aliphatic heterocycles. The van der Waals surface area contributed by atoms with Gasteiger partial charge in [0.05, 0.1) is 7.11 Å². The van der Waals surface area contributed by atoms with E-state index < -0.39 is 0 Å². The Labute approximate surface area is 110 Å². The number of ether oxygens (including phenoxy) is 1. The van der Waals surface area contributed by atoms with E-state index in [0.717, 1.165) is 18.6 Å². The maximum atomic E-state index is 6.81. The highest BCUT2D eigenvalue weighted by atomic mass is 16.5. The van der Waals surface area contributed by atoms with Crippen LogP contribution in [0.5, 0.6) is 5.75 Å². The van der Waals surface area contributed by atoms with Gasteiger partial charge in [0.15, 0.2) is 0 Å². The van der Waals surface area contributed by atoms with Crippen LogP contribution in [0.3, 0.4) is 0 Å². The topological polar surface area (TPSA) is 35.2 Å². The van der Waals surface area contributed by atoms with Crippen LogP contribution in [0.25, 0.3) is 0 Å². The molecule has 2 aliphatic carbocycles. The van der Waals surface area contributed by atoms with E-state index in [4.69, 9.17) is 10.5 Å². The summed E-state index contributed by atoms with van der Waals surface area (Å²) in [7, 11) is 1.73. The van der Waals surface area contributed by atoms with Crippen molar-refractivity contribution in [1.29, 1.82) is 0 Å². The van der Waals surface area contributed by atoms with Crippen molar-refractivity contribution in [3.05, 3.63) is 29.3 Å². The van der Waals surface area contributed by atoms with Crippen LogP contribution in [0.1, 0.15) is 49.7 Å².